The number of pyridine rings is 1. The van der Waals surface area contributed by atoms with Gasteiger partial charge in [0.25, 0.3) is 0 Å². The monoisotopic (exact) mass is 350 g/mol. The fraction of sp³-hybridized carbons (Fsp3) is 0.0769. The molecule has 2 heterocycles. The molecule has 3 N–H and O–H groups in total. The minimum Gasteiger partial charge on any atom is -0.497 e. The number of hydrogen-bond acceptors (Lipinski definition) is 5. The molecule has 5 nitrogen and oxygen atoms in total. The zero-order chi connectivity index (χ0) is 14.1. The normalized spacial score (nSPS) is 10.9. The summed E-state index contributed by atoms with van der Waals surface area (Å²) in [5.74, 6) is 1.23. The number of nitrogen functional groups attached to an aromatic ring is 1. The number of nitrogens with two attached hydrogens (primary N) is 1. The van der Waals surface area contributed by atoms with Crippen LogP contribution in [0.5, 0.6) is 5.75 Å². The number of imidazole rings is 1. The first-order valence-electron chi connectivity index (χ1n) is 5.79. The smallest absolute Gasteiger partial charge is 0.171 e. The lowest BCUT2D eigenvalue weighted by molar-refractivity contribution is 0.413. The summed E-state index contributed by atoms with van der Waals surface area (Å²) in [5.41, 5.74) is 7.37. The Balaban J connectivity index is 1.99. The number of H-pyrrole nitrogens is 1. The third-order valence-electron chi connectivity index (χ3n) is 2.75. The minimum absolute atomic E-state index is 0.426. The summed E-state index contributed by atoms with van der Waals surface area (Å²) in [5, 5.41) is 0.758. The highest BCUT2D eigenvalue weighted by Gasteiger charge is 2.10. The molecule has 0 spiro atoms. The highest BCUT2D eigenvalue weighted by molar-refractivity contribution is 9.10. The van der Waals surface area contributed by atoms with Crippen molar-refractivity contribution in [3.63, 3.8) is 0 Å². The Kier molecular flexibility index (Phi) is 3.54. The number of methoxy groups -OCH3 is 1. The maximum atomic E-state index is 5.81. The minimum atomic E-state index is 0.426. The molecule has 0 atom stereocenters. The van der Waals surface area contributed by atoms with Crippen LogP contribution in [0.4, 0.5) is 5.82 Å². The van der Waals surface area contributed by atoms with Gasteiger partial charge >= 0.3 is 0 Å². The Morgan fingerprint density at radius 2 is 2.20 bits per heavy atom. The van der Waals surface area contributed by atoms with E-state index in [1.165, 1.54) is 11.8 Å². The van der Waals surface area contributed by atoms with Crippen molar-refractivity contribution < 1.29 is 4.74 Å². The largest absolute Gasteiger partial charge is 0.497 e. The number of halogens is 1. The van der Waals surface area contributed by atoms with Crippen molar-refractivity contribution in [2.24, 2.45) is 0 Å². The highest BCUT2D eigenvalue weighted by Crippen LogP contribution is 2.35. The van der Waals surface area contributed by atoms with Gasteiger partial charge in [0.15, 0.2) is 11.0 Å². The molecule has 0 bridgehead atoms. The predicted molar refractivity (Wildman–Crippen MR) is 83.1 cm³/mol. The van der Waals surface area contributed by atoms with Crippen LogP contribution in [0, 0.1) is 0 Å². The zero-order valence-corrected chi connectivity index (χ0v) is 13.0. The first-order valence-corrected chi connectivity index (χ1v) is 7.40. The molecule has 0 amide bonds. The molecule has 0 saturated heterocycles. The van der Waals surface area contributed by atoms with Gasteiger partial charge in [-0.3, -0.25) is 0 Å². The van der Waals surface area contributed by atoms with Gasteiger partial charge in [-0.1, -0.05) is 11.8 Å². The number of aromatic amines is 1. The van der Waals surface area contributed by atoms with E-state index in [0.29, 0.717) is 11.3 Å². The van der Waals surface area contributed by atoms with Gasteiger partial charge in [-0.05, 0) is 40.2 Å². The molecular weight excluding hydrogens is 340 g/mol. The average Bonchev–Trinajstić information content (AvgIpc) is 2.85. The van der Waals surface area contributed by atoms with Crippen molar-refractivity contribution in [3.05, 3.63) is 34.9 Å². The van der Waals surface area contributed by atoms with E-state index < -0.39 is 0 Å². The van der Waals surface area contributed by atoms with E-state index in [1.807, 2.05) is 24.3 Å². The summed E-state index contributed by atoms with van der Waals surface area (Å²) in [6.07, 6.45) is 1.66. The molecule has 0 saturated carbocycles. The van der Waals surface area contributed by atoms with Crippen molar-refractivity contribution in [1.29, 1.82) is 0 Å². The lowest BCUT2D eigenvalue weighted by Crippen LogP contribution is -1.89. The van der Waals surface area contributed by atoms with Crippen LogP contribution in [0.2, 0.25) is 0 Å². The maximum absolute atomic E-state index is 5.81. The van der Waals surface area contributed by atoms with Gasteiger partial charge in [0.05, 0.1) is 12.6 Å². The SMILES string of the molecule is COc1ccc(Br)c(Sc2nc3c(N)nccc3[nH]2)c1. The molecule has 0 unspecified atom stereocenters. The van der Waals surface area contributed by atoms with Crippen LogP contribution in [0.1, 0.15) is 0 Å². The first-order chi connectivity index (χ1) is 9.67. The summed E-state index contributed by atoms with van der Waals surface area (Å²) in [4.78, 5) is 12.7. The maximum Gasteiger partial charge on any atom is 0.171 e. The average molecular weight is 351 g/mol. The third-order valence-corrected chi connectivity index (χ3v) is 4.65. The Hall–Kier alpha value is -1.73. The Bertz CT molecular complexity index is 774. The van der Waals surface area contributed by atoms with Crippen LogP contribution in [-0.4, -0.2) is 22.1 Å². The quantitative estimate of drug-likeness (QED) is 0.756. The van der Waals surface area contributed by atoms with Crippen molar-refractivity contribution in [3.8, 4) is 5.75 Å². The molecule has 0 fully saturated rings. The van der Waals surface area contributed by atoms with Gasteiger partial charge < -0.3 is 15.5 Å². The second-order valence-corrected chi connectivity index (χ2v) is 5.92. The molecular formula is C13H11BrN4OS. The number of ether oxygens (including phenoxy) is 1. The fourth-order valence-electron chi connectivity index (χ4n) is 1.77. The van der Waals surface area contributed by atoms with Crippen LogP contribution in [0.25, 0.3) is 11.0 Å². The molecule has 2 aromatic heterocycles. The lowest BCUT2D eigenvalue weighted by atomic mass is 10.3. The van der Waals surface area contributed by atoms with Gasteiger partial charge in [-0.25, -0.2) is 9.97 Å². The number of aromatic nitrogens is 3. The highest BCUT2D eigenvalue weighted by atomic mass is 79.9. The van der Waals surface area contributed by atoms with Gasteiger partial charge in [-0.2, -0.15) is 0 Å². The van der Waals surface area contributed by atoms with E-state index in [4.69, 9.17) is 10.5 Å². The number of benzene rings is 1. The summed E-state index contributed by atoms with van der Waals surface area (Å²) < 4.78 is 6.21. The Morgan fingerprint density at radius 3 is 2.95 bits per heavy atom. The van der Waals surface area contributed by atoms with Crippen LogP contribution < -0.4 is 10.5 Å². The number of nitrogens with zero attached hydrogens (tertiary/aromatic N) is 2. The second-order valence-electron chi connectivity index (χ2n) is 4.03. The lowest BCUT2D eigenvalue weighted by Gasteiger charge is -2.05. The summed E-state index contributed by atoms with van der Waals surface area (Å²) >= 11 is 5.02. The Labute approximate surface area is 128 Å². The van der Waals surface area contributed by atoms with Crippen molar-refractivity contribution in [1.82, 2.24) is 15.0 Å². The van der Waals surface area contributed by atoms with Gasteiger partial charge in [0.2, 0.25) is 0 Å². The number of fused-ring (bicyclic) bond motifs is 1. The van der Waals surface area contributed by atoms with Crippen LogP contribution >= 0.6 is 27.7 Å². The van der Waals surface area contributed by atoms with Crippen molar-refractivity contribution in [2.75, 3.05) is 12.8 Å². The van der Waals surface area contributed by atoms with Crippen molar-refractivity contribution >= 4 is 44.5 Å². The van der Waals surface area contributed by atoms with Crippen LogP contribution in [-0.2, 0) is 0 Å². The molecule has 7 heteroatoms. The standard InChI is InChI=1S/C13H11BrN4OS/c1-19-7-2-3-8(14)10(6-7)20-13-17-9-4-5-16-12(15)11(9)18-13/h2-6H,1H3,(H2,15,16)(H,17,18). The van der Waals surface area contributed by atoms with Crippen LogP contribution in [0.15, 0.2) is 45.0 Å². The molecule has 1 aromatic carbocycles. The molecule has 3 aromatic rings. The summed E-state index contributed by atoms with van der Waals surface area (Å²) in [6.45, 7) is 0. The zero-order valence-electron chi connectivity index (χ0n) is 10.6. The number of anilines is 1. The number of nitrogens with one attached hydrogen (secondary N) is 1. The van der Waals surface area contributed by atoms with E-state index in [2.05, 4.69) is 30.9 Å². The van der Waals surface area contributed by atoms with E-state index in [9.17, 15) is 0 Å². The first kappa shape index (κ1) is 13.3. The van der Waals surface area contributed by atoms with Gasteiger partial charge in [0, 0.05) is 15.6 Å². The number of hydrogen-bond donors (Lipinski definition) is 2. The van der Waals surface area contributed by atoms with E-state index >= 15 is 0 Å². The number of rotatable bonds is 3. The fourth-order valence-corrected chi connectivity index (χ4v) is 3.11. The molecule has 0 aliphatic carbocycles. The summed E-state index contributed by atoms with van der Waals surface area (Å²) in [7, 11) is 1.64. The van der Waals surface area contributed by atoms with E-state index in [-0.39, 0.29) is 0 Å². The molecule has 102 valence electrons. The predicted octanol–water partition coefficient (Wildman–Crippen LogP) is 3.46. The second kappa shape index (κ2) is 5.34. The molecule has 20 heavy (non-hydrogen) atoms. The van der Waals surface area contributed by atoms with E-state index in [1.54, 1.807) is 13.3 Å². The van der Waals surface area contributed by atoms with Crippen molar-refractivity contribution in [2.45, 2.75) is 10.1 Å². The molecule has 3 rings (SSSR count). The van der Waals surface area contributed by atoms with Gasteiger partial charge in [-0.15, -0.1) is 0 Å². The third kappa shape index (κ3) is 2.46. The van der Waals surface area contributed by atoms with E-state index in [0.717, 1.165) is 25.8 Å². The summed E-state index contributed by atoms with van der Waals surface area (Å²) in [6, 6.07) is 7.64. The van der Waals surface area contributed by atoms with Gasteiger partial charge in [0.1, 0.15) is 11.3 Å². The Morgan fingerprint density at radius 1 is 1.35 bits per heavy atom. The molecule has 0 aliphatic heterocycles. The molecule has 0 aliphatic rings. The van der Waals surface area contributed by atoms with Crippen LogP contribution in [0.3, 0.4) is 0 Å². The topological polar surface area (TPSA) is 76.8 Å². The molecule has 0 radical (unpaired) electrons.